The molecular formula is C16H32N2O3. The number of aliphatic carboxylic acids is 1. The Morgan fingerprint density at radius 3 is 2.33 bits per heavy atom. The lowest BCUT2D eigenvalue weighted by atomic mass is 9.99. The van der Waals surface area contributed by atoms with Gasteiger partial charge in [0.1, 0.15) is 0 Å². The molecule has 0 saturated heterocycles. The number of hydrogen-bond donors (Lipinski definition) is 3. The third-order valence-corrected chi connectivity index (χ3v) is 3.70. The molecule has 21 heavy (non-hydrogen) atoms. The highest BCUT2D eigenvalue weighted by Gasteiger charge is 2.07. The fourth-order valence-corrected chi connectivity index (χ4v) is 2.20. The third-order valence-electron chi connectivity index (χ3n) is 3.70. The number of urea groups is 1. The predicted molar refractivity (Wildman–Crippen MR) is 85.4 cm³/mol. The van der Waals surface area contributed by atoms with Gasteiger partial charge >= 0.3 is 12.0 Å². The van der Waals surface area contributed by atoms with Gasteiger partial charge in [-0.1, -0.05) is 46.0 Å². The molecule has 2 amide bonds. The molecule has 5 nitrogen and oxygen atoms in total. The summed E-state index contributed by atoms with van der Waals surface area (Å²) in [6.07, 6.45) is 8.43. The number of amides is 2. The minimum atomic E-state index is -0.735. The van der Waals surface area contributed by atoms with Crippen molar-refractivity contribution in [1.29, 1.82) is 0 Å². The van der Waals surface area contributed by atoms with E-state index in [1.165, 1.54) is 19.3 Å². The van der Waals surface area contributed by atoms with E-state index in [0.717, 1.165) is 38.6 Å². The molecule has 0 aromatic heterocycles. The number of carboxylic acid groups (broad SMARTS) is 1. The van der Waals surface area contributed by atoms with Crippen LogP contribution in [0.5, 0.6) is 0 Å². The Hall–Kier alpha value is -1.26. The molecule has 3 N–H and O–H groups in total. The summed E-state index contributed by atoms with van der Waals surface area (Å²) in [4.78, 5) is 21.9. The van der Waals surface area contributed by atoms with Crippen molar-refractivity contribution in [2.75, 3.05) is 13.1 Å². The maximum atomic E-state index is 11.6. The van der Waals surface area contributed by atoms with E-state index < -0.39 is 5.97 Å². The number of nitrogens with one attached hydrogen (secondary N) is 2. The fraction of sp³-hybridized carbons (Fsp3) is 0.875. The van der Waals surface area contributed by atoms with Gasteiger partial charge in [-0.3, -0.25) is 4.79 Å². The van der Waals surface area contributed by atoms with Crippen LogP contribution in [0, 0.1) is 5.92 Å². The number of carboxylic acids is 1. The lowest BCUT2D eigenvalue weighted by molar-refractivity contribution is -0.137. The van der Waals surface area contributed by atoms with E-state index in [1.54, 1.807) is 0 Å². The first-order chi connectivity index (χ1) is 10.1. The van der Waals surface area contributed by atoms with Crippen LogP contribution in [0.25, 0.3) is 0 Å². The zero-order chi connectivity index (χ0) is 15.9. The van der Waals surface area contributed by atoms with Crippen molar-refractivity contribution in [2.24, 2.45) is 5.92 Å². The lowest BCUT2D eigenvalue weighted by Crippen LogP contribution is -2.38. The van der Waals surface area contributed by atoms with Crippen molar-refractivity contribution in [2.45, 2.75) is 71.6 Å². The molecule has 124 valence electrons. The molecule has 0 saturated carbocycles. The molecule has 0 heterocycles. The Bertz CT molecular complexity index is 283. The molecule has 0 fully saturated rings. The average Bonchev–Trinajstić information content (AvgIpc) is 2.46. The molecule has 0 bridgehead atoms. The van der Waals surface area contributed by atoms with Crippen LogP contribution in [0.3, 0.4) is 0 Å². The Balaban J connectivity index is 3.46. The molecule has 0 rings (SSSR count). The summed E-state index contributed by atoms with van der Waals surface area (Å²) in [5, 5.41) is 14.3. The van der Waals surface area contributed by atoms with Crippen LogP contribution < -0.4 is 10.6 Å². The van der Waals surface area contributed by atoms with Gasteiger partial charge in [0.15, 0.2) is 0 Å². The van der Waals surface area contributed by atoms with Gasteiger partial charge < -0.3 is 15.7 Å². The standard InChI is InChI=1S/C16H32N2O3/c1-3-5-10-14(4-2)13-18-16(21)17-12-9-7-6-8-11-15(19)20/h14H,3-13H2,1-2H3,(H,19,20)(H2,17,18,21). The largest absolute Gasteiger partial charge is 0.481 e. The van der Waals surface area contributed by atoms with Crippen molar-refractivity contribution in [1.82, 2.24) is 10.6 Å². The molecule has 1 atom stereocenters. The van der Waals surface area contributed by atoms with E-state index in [1.807, 2.05) is 0 Å². The molecule has 0 aromatic carbocycles. The topological polar surface area (TPSA) is 78.4 Å². The minimum absolute atomic E-state index is 0.0875. The van der Waals surface area contributed by atoms with Crippen molar-refractivity contribution < 1.29 is 14.7 Å². The molecule has 1 unspecified atom stereocenters. The predicted octanol–water partition coefficient (Wildman–Crippen LogP) is 3.54. The van der Waals surface area contributed by atoms with Crippen molar-refractivity contribution in [3.05, 3.63) is 0 Å². The molecule has 0 aromatic rings. The molecular weight excluding hydrogens is 268 g/mol. The molecule has 0 aliphatic heterocycles. The Morgan fingerprint density at radius 1 is 1.00 bits per heavy atom. The van der Waals surface area contributed by atoms with Gasteiger partial charge in [0.2, 0.25) is 0 Å². The summed E-state index contributed by atoms with van der Waals surface area (Å²) in [5.41, 5.74) is 0. The Labute approximate surface area is 128 Å². The molecule has 0 spiro atoms. The second kappa shape index (κ2) is 13.7. The molecule has 0 radical (unpaired) electrons. The van der Waals surface area contributed by atoms with E-state index in [0.29, 0.717) is 12.5 Å². The number of carbonyl (C=O) groups excluding carboxylic acids is 1. The van der Waals surface area contributed by atoms with Gasteiger partial charge in [-0.25, -0.2) is 4.79 Å². The highest BCUT2D eigenvalue weighted by atomic mass is 16.4. The maximum absolute atomic E-state index is 11.6. The van der Waals surface area contributed by atoms with Crippen molar-refractivity contribution in [3.63, 3.8) is 0 Å². The SMILES string of the molecule is CCCCC(CC)CNC(=O)NCCCCCCC(=O)O. The monoisotopic (exact) mass is 300 g/mol. The van der Waals surface area contributed by atoms with Gasteiger partial charge in [0, 0.05) is 19.5 Å². The van der Waals surface area contributed by atoms with Gasteiger partial charge in [0.05, 0.1) is 0 Å². The van der Waals surface area contributed by atoms with Crippen LogP contribution in [0.15, 0.2) is 0 Å². The smallest absolute Gasteiger partial charge is 0.314 e. The van der Waals surface area contributed by atoms with Crippen LogP contribution in [-0.4, -0.2) is 30.2 Å². The van der Waals surface area contributed by atoms with Crippen LogP contribution in [0.4, 0.5) is 4.79 Å². The number of unbranched alkanes of at least 4 members (excludes halogenated alkanes) is 4. The normalized spacial score (nSPS) is 11.9. The third kappa shape index (κ3) is 13.5. The van der Waals surface area contributed by atoms with Crippen molar-refractivity contribution >= 4 is 12.0 Å². The van der Waals surface area contributed by atoms with Gasteiger partial charge in [0.25, 0.3) is 0 Å². The zero-order valence-corrected chi connectivity index (χ0v) is 13.6. The van der Waals surface area contributed by atoms with E-state index in [2.05, 4.69) is 24.5 Å². The first kappa shape index (κ1) is 19.7. The Morgan fingerprint density at radius 2 is 1.71 bits per heavy atom. The minimum Gasteiger partial charge on any atom is -0.481 e. The van der Waals surface area contributed by atoms with Crippen LogP contribution in [0.1, 0.15) is 71.6 Å². The maximum Gasteiger partial charge on any atom is 0.314 e. The summed E-state index contributed by atoms with van der Waals surface area (Å²) < 4.78 is 0. The zero-order valence-electron chi connectivity index (χ0n) is 13.6. The van der Waals surface area contributed by atoms with E-state index in [9.17, 15) is 9.59 Å². The quantitative estimate of drug-likeness (QED) is 0.455. The fourth-order valence-electron chi connectivity index (χ4n) is 2.20. The second-order valence-corrected chi connectivity index (χ2v) is 5.61. The van der Waals surface area contributed by atoms with E-state index in [-0.39, 0.29) is 12.5 Å². The van der Waals surface area contributed by atoms with Gasteiger partial charge in [-0.05, 0) is 25.2 Å². The summed E-state index contributed by atoms with van der Waals surface area (Å²) in [5.74, 6) is -0.159. The number of rotatable bonds is 13. The average molecular weight is 300 g/mol. The van der Waals surface area contributed by atoms with E-state index >= 15 is 0 Å². The highest BCUT2D eigenvalue weighted by Crippen LogP contribution is 2.11. The number of hydrogen-bond acceptors (Lipinski definition) is 2. The second-order valence-electron chi connectivity index (χ2n) is 5.61. The van der Waals surface area contributed by atoms with Gasteiger partial charge in [-0.2, -0.15) is 0 Å². The van der Waals surface area contributed by atoms with Crippen LogP contribution >= 0.6 is 0 Å². The van der Waals surface area contributed by atoms with Crippen LogP contribution in [-0.2, 0) is 4.79 Å². The van der Waals surface area contributed by atoms with E-state index in [4.69, 9.17) is 5.11 Å². The highest BCUT2D eigenvalue weighted by molar-refractivity contribution is 5.73. The summed E-state index contributed by atoms with van der Waals surface area (Å²) >= 11 is 0. The first-order valence-corrected chi connectivity index (χ1v) is 8.33. The molecule has 0 aliphatic rings. The van der Waals surface area contributed by atoms with Crippen molar-refractivity contribution in [3.8, 4) is 0 Å². The summed E-state index contributed by atoms with van der Waals surface area (Å²) in [7, 11) is 0. The lowest BCUT2D eigenvalue weighted by Gasteiger charge is -2.15. The molecule has 0 aliphatic carbocycles. The summed E-state index contributed by atoms with van der Waals surface area (Å²) in [6, 6.07) is -0.0875. The van der Waals surface area contributed by atoms with Gasteiger partial charge in [-0.15, -0.1) is 0 Å². The number of carbonyl (C=O) groups is 2. The summed E-state index contributed by atoms with van der Waals surface area (Å²) in [6.45, 7) is 5.76. The molecule has 5 heteroatoms. The first-order valence-electron chi connectivity index (χ1n) is 8.33. The van der Waals surface area contributed by atoms with Crippen LogP contribution in [0.2, 0.25) is 0 Å². The Kier molecular flexibility index (Phi) is 12.9.